The number of hydrogen-bond donors (Lipinski definition) is 2. The third kappa shape index (κ3) is 11.1. The Balaban J connectivity index is 3.11. The van der Waals surface area contributed by atoms with E-state index in [-0.39, 0.29) is 12.8 Å². The lowest BCUT2D eigenvalue weighted by Gasteiger charge is -2.07. The van der Waals surface area contributed by atoms with Gasteiger partial charge in [-0.25, -0.2) is 4.79 Å². The van der Waals surface area contributed by atoms with Crippen LogP contribution in [0, 0.1) is 0 Å². The molecule has 0 unspecified atom stereocenters. The molecule has 6 nitrogen and oxygen atoms in total. The van der Waals surface area contributed by atoms with E-state index in [1.54, 1.807) is 14.2 Å². The van der Waals surface area contributed by atoms with Crippen LogP contribution in [0.5, 0.6) is 0 Å². The number of amides is 2. The smallest absolute Gasteiger partial charge is 0.316 e. The Morgan fingerprint density at radius 3 is 2.47 bits per heavy atom. The maximum atomic E-state index is 11.1. The van der Waals surface area contributed by atoms with Crippen LogP contribution in [0.3, 0.4) is 0 Å². The maximum absolute atomic E-state index is 11.1. The van der Waals surface area contributed by atoms with Gasteiger partial charge in [0.1, 0.15) is 6.73 Å². The van der Waals surface area contributed by atoms with Crippen molar-refractivity contribution in [2.45, 2.75) is 6.42 Å². The van der Waals surface area contributed by atoms with Gasteiger partial charge in [0.15, 0.2) is 0 Å². The molecule has 0 spiro atoms. The molecule has 90 valence electrons. The highest BCUT2D eigenvalue weighted by molar-refractivity contribution is 5.73. The lowest BCUT2D eigenvalue weighted by molar-refractivity contribution is 0.0642. The monoisotopic (exact) mass is 220 g/mol. The van der Waals surface area contributed by atoms with Crippen LogP contribution in [-0.2, 0) is 14.2 Å². The van der Waals surface area contributed by atoms with Crippen molar-refractivity contribution in [3.8, 4) is 0 Å². The Kier molecular flexibility index (Phi) is 10.6. The predicted molar refractivity (Wildman–Crippen MR) is 55.7 cm³/mol. The molecule has 0 saturated heterocycles. The molecule has 0 radical (unpaired) electrons. The first kappa shape index (κ1) is 14.2. The number of rotatable bonds is 9. The van der Waals surface area contributed by atoms with Gasteiger partial charge in [0.2, 0.25) is 0 Å². The van der Waals surface area contributed by atoms with E-state index in [1.807, 2.05) is 0 Å². The van der Waals surface area contributed by atoms with Crippen LogP contribution in [0.2, 0.25) is 0 Å². The molecule has 0 aromatic carbocycles. The summed E-state index contributed by atoms with van der Waals surface area (Å²) in [4.78, 5) is 11.1. The summed E-state index contributed by atoms with van der Waals surface area (Å²) in [5.41, 5.74) is 0. The number of methoxy groups -OCH3 is 2. The number of carbonyl (C=O) groups excluding carboxylic acids is 1. The van der Waals surface area contributed by atoms with E-state index < -0.39 is 0 Å². The molecule has 0 aliphatic carbocycles. The molecule has 0 atom stereocenters. The third-order valence-electron chi connectivity index (χ3n) is 1.58. The van der Waals surface area contributed by atoms with Crippen molar-refractivity contribution in [1.29, 1.82) is 0 Å². The highest BCUT2D eigenvalue weighted by Crippen LogP contribution is 1.77. The number of carbonyl (C=O) groups is 1. The number of urea groups is 1. The molecule has 0 aliphatic heterocycles. The fraction of sp³-hybridized carbons (Fsp3) is 0.889. The molecule has 0 fully saturated rings. The Morgan fingerprint density at radius 1 is 1.07 bits per heavy atom. The zero-order valence-corrected chi connectivity index (χ0v) is 9.38. The molecular formula is C9H20N2O4. The molecule has 6 heteroatoms. The van der Waals surface area contributed by atoms with Crippen LogP contribution in [0.4, 0.5) is 4.79 Å². The highest BCUT2D eigenvalue weighted by atomic mass is 16.5. The van der Waals surface area contributed by atoms with Gasteiger partial charge in [-0.3, -0.25) is 0 Å². The second-order valence-electron chi connectivity index (χ2n) is 2.82. The maximum Gasteiger partial charge on any atom is 0.316 e. The van der Waals surface area contributed by atoms with Gasteiger partial charge >= 0.3 is 6.03 Å². The zero-order valence-electron chi connectivity index (χ0n) is 9.38. The second kappa shape index (κ2) is 11.2. The van der Waals surface area contributed by atoms with Gasteiger partial charge in [-0.05, 0) is 6.42 Å². The first-order valence-electron chi connectivity index (χ1n) is 4.88. The van der Waals surface area contributed by atoms with Crippen LogP contribution < -0.4 is 10.6 Å². The van der Waals surface area contributed by atoms with Crippen LogP contribution in [0.25, 0.3) is 0 Å². The standard InChI is InChI=1S/C9H20N2O4/c1-13-5-3-4-10-9(12)11-8-15-7-6-14-2/h3-8H2,1-2H3,(H2,10,11,12). The van der Waals surface area contributed by atoms with Crippen LogP contribution in [-0.4, -0.2) is 53.3 Å². The molecular weight excluding hydrogens is 200 g/mol. The van der Waals surface area contributed by atoms with Gasteiger partial charge < -0.3 is 24.8 Å². The van der Waals surface area contributed by atoms with Gasteiger partial charge in [0.05, 0.1) is 13.2 Å². The molecule has 0 aromatic heterocycles. The Hall–Kier alpha value is -0.850. The van der Waals surface area contributed by atoms with E-state index in [4.69, 9.17) is 14.2 Å². The summed E-state index contributed by atoms with van der Waals surface area (Å²) >= 11 is 0. The predicted octanol–water partition coefficient (Wildman–Crippen LogP) is -0.0574. The van der Waals surface area contributed by atoms with Crippen molar-refractivity contribution in [2.24, 2.45) is 0 Å². The van der Waals surface area contributed by atoms with E-state index in [9.17, 15) is 4.79 Å². The van der Waals surface area contributed by atoms with Crippen molar-refractivity contribution in [1.82, 2.24) is 10.6 Å². The van der Waals surface area contributed by atoms with Crippen molar-refractivity contribution in [3.05, 3.63) is 0 Å². The Morgan fingerprint density at radius 2 is 1.80 bits per heavy atom. The largest absolute Gasteiger partial charge is 0.385 e. The lowest BCUT2D eigenvalue weighted by Crippen LogP contribution is -2.37. The molecule has 0 heterocycles. The lowest BCUT2D eigenvalue weighted by atomic mass is 10.4. The molecule has 15 heavy (non-hydrogen) atoms. The van der Waals surface area contributed by atoms with Gasteiger partial charge in [-0.15, -0.1) is 0 Å². The summed E-state index contributed by atoms with van der Waals surface area (Å²) in [6, 6.07) is -0.233. The van der Waals surface area contributed by atoms with Crippen molar-refractivity contribution >= 4 is 6.03 Å². The summed E-state index contributed by atoms with van der Waals surface area (Å²) < 4.78 is 14.7. The number of hydrogen-bond acceptors (Lipinski definition) is 4. The molecule has 2 N–H and O–H groups in total. The summed E-state index contributed by atoms with van der Waals surface area (Å²) in [5, 5.41) is 5.22. The van der Waals surface area contributed by atoms with Gasteiger partial charge in [-0.1, -0.05) is 0 Å². The minimum atomic E-state index is -0.233. The topological polar surface area (TPSA) is 68.8 Å². The Labute approximate surface area is 90.3 Å². The summed E-state index contributed by atoms with van der Waals surface area (Å²) in [6.45, 7) is 2.43. The van der Waals surface area contributed by atoms with E-state index >= 15 is 0 Å². The van der Waals surface area contributed by atoms with Gasteiger partial charge in [0, 0.05) is 27.4 Å². The first-order valence-corrected chi connectivity index (χ1v) is 4.88. The van der Waals surface area contributed by atoms with Crippen molar-refractivity contribution < 1.29 is 19.0 Å². The SMILES string of the molecule is COCCCNC(=O)NCOCCOC. The summed E-state index contributed by atoms with van der Waals surface area (Å²) in [5.74, 6) is 0. The summed E-state index contributed by atoms with van der Waals surface area (Å²) in [6.07, 6.45) is 0.800. The van der Waals surface area contributed by atoms with Crippen LogP contribution in [0.1, 0.15) is 6.42 Å². The minimum Gasteiger partial charge on any atom is -0.385 e. The average Bonchev–Trinajstić information content (AvgIpc) is 2.24. The first-order chi connectivity index (χ1) is 7.31. The number of ether oxygens (including phenoxy) is 3. The van der Waals surface area contributed by atoms with Crippen LogP contribution in [0.15, 0.2) is 0 Å². The van der Waals surface area contributed by atoms with E-state index in [0.29, 0.717) is 26.4 Å². The van der Waals surface area contributed by atoms with E-state index in [2.05, 4.69) is 10.6 Å². The molecule has 0 aromatic rings. The van der Waals surface area contributed by atoms with Gasteiger partial charge in [0.25, 0.3) is 0 Å². The molecule has 0 aliphatic rings. The normalized spacial score (nSPS) is 10.0. The Bertz CT molecular complexity index is 155. The molecule has 0 bridgehead atoms. The van der Waals surface area contributed by atoms with Crippen molar-refractivity contribution in [3.63, 3.8) is 0 Å². The molecule has 2 amide bonds. The molecule has 0 saturated carbocycles. The zero-order chi connectivity index (χ0) is 11.4. The van der Waals surface area contributed by atoms with Crippen LogP contribution >= 0.6 is 0 Å². The average molecular weight is 220 g/mol. The highest BCUT2D eigenvalue weighted by Gasteiger charge is 1.97. The quantitative estimate of drug-likeness (QED) is 0.422. The summed E-state index contributed by atoms with van der Waals surface area (Å²) in [7, 11) is 3.23. The fourth-order valence-electron chi connectivity index (χ4n) is 0.812. The molecule has 0 rings (SSSR count). The minimum absolute atomic E-state index is 0.194. The number of nitrogens with one attached hydrogen (secondary N) is 2. The van der Waals surface area contributed by atoms with Gasteiger partial charge in [-0.2, -0.15) is 0 Å². The van der Waals surface area contributed by atoms with E-state index in [0.717, 1.165) is 6.42 Å². The fourth-order valence-corrected chi connectivity index (χ4v) is 0.812. The third-order valence-corrected chi connectivity index (χ3v) is 1.58. The van der Waals surface area contributed by atoms with Crippen molar-refractivity contribution in [2.75, 3.05) is 47.3 Å². The van der Waals surface area contributed by atoms with E-state index in [1.165, 1.54) is 0 Å². The second-order valence-corrected chi connectivity index (χ2v) is 2.82.